The van der Waals surface area contributed by atoms with Crippen LogP contribution in [0, 0.1) is 11.6 Å². The van der Waals surface area contributed by atoms with Crippen LogP contribution in [-0.2, 0) is 9.53 Å². The monoisotopic (exact) mass is 435 g/mol. The molecular formula is C20H23F2N5O4. The number of hydrogen-bond acceptors (Lipinski definition) is 7. The van der Waals surface area contributed by atoms with Gasteiger partial charge >= 0.3 is 12.0 Å². The highest BCUT2D eigenvalue weighted by atomic mass is 19.2. The van der Waals surface area contributed by atoms with Crippen molar-refractivity contribution in [1.29, 1.82) is 0 Å². The number of amides is 2. The van der Waals surface area contributed by atoms with E-state index in [-0.39, 0.29) is 36.9 Å². The highest BCUT2D eigenvalue weighted by Crippen LogP contribution is 2.25. The molecule has 0 bridgehead atoms. The van der Waals surface area contributed by atoms with Crippen molar-refractivity contribution in [2.45, 2.75) is 19.9 Å². The molecule has 1 fully saturated rings. The lowest BCUT2D eigenvalue weighted by atomic mass is 10.2. The molecule has 31 heavy (non-hydrogen) atoms. The van der Waals surface area contributed by atoms with Crippen LogP contribution in [0.15, 0.2) is 30.6 Å². The number of halogens is 2. The minimum atomic E-state index is -1.02. The molecule has 9 nitrogen and oxygen atoms in total. The summed E-state index contributed by atoms with van der Waals surface area (Å²) in [5.41, 5.74) is 0. The Hall–Kier alpha value is -3.50. The number of anilines is 1. The molecule has 1 aromatic carbocycles. The topological polar surface area (TPSA) is 96.9 Å². The fourth-order valence-electron chi connectivity index (χ4n) is 3.15. The summed E-state index contributed by atoms with van der Waals surface area (Å²) in [7, 11) is 0. The molecule has 0 radical (unpaired) electrons. The predicted octanol–water partition coefficient (Wildman–Crippen LogP) is 2.33. The van der Waals surface area contributed by atoms with Gasteiger partial charge in [0, 0.05) is 37.8 Å². The van der Waals surface area contributed by atoms with E-state index in [2.05, 4.69) is 15.3 Å². The Balaban J connectivity index is 1.59. The largest absolute Gasteiger partial charge is 0.465 e. The summed E-state index contributed by atoms with van der Waals surface area (Å²) in [5, 5.41) is 2.56. The SMILES string of the molecule is CCOC(=O)CNC(=O)N1CCN(c2cc(Oc3ccc(F)c(F)c3)ncn2)C[C@H]1C. The second kappa shape index (κ2) is 10.0. The van der Waals surface area contributed by atoms with Crippen LogP contribution in [-0.4, -0.2) is 65.7 Å². The molecule has 3 rings (SSSR count). The summed E-state index contributed by atoms with van der Waals surface area (Å²) >= 11 is 0. The summed E-state index contributed by atoms with van der Waals surface area (Å²) in [6.45, 7) is 5.06. The van der Waals surface area contributed by atoms with Crippen molar-refractivity contribution >= 4 is 17.8 Å². The number of benzene rings is 1. The van der Waals surface area contributed by atoms with E-state index in [1.54, 1.807) is 17.9 Å². The van der Waals surface area contributed by atoms with Crippen LogP contribution in [0.2, 0.25) is 0 Å². The normalized spacial score (nSPS) is 16.1. The van der Waals surface area contributed by atoms with Crippen molar-refractivity contribution in [3.05, 3.63) is 42.2 Å². The van der Waals surface area contributed by atoms with Crippen molar-refractivity contribution in [2.75, 3.05) is 37.7 Å². The molecule has 2 heterocycles. The van der Waals surface area contributed by atoms with Gasteiger partial charge in [0.05, 0.1) is 6.61 Å². The van der Waals surface area contributed by atoms with Gasteiger partial charge in [0.2, 0.25) is 5.88 Å². The number of nitrogens with one attached hydrogen (secondary N) is 1. The van der Waals surface area contributed by atoms with E-state index in [0.717, 1.165) is 12.1 Å². The standard InChI is InChI=1S/C20H23F2N5O4/c1-3-30-19(28)10-23-20(29)27-7-6-26(11-13(27)2)17-9-18(25-12-24-17)31-14-4-5-15(21)16(22)8-14/h4-5,8-9,12-13H,3,6-7,10-11H2,1-2H3,(H,23,29)/t13-/m1/s1. The quantitative estimate of drug-likeness (QED) is 0.696. The van der Waals surface area contributed by atoms with Crippen molar-refractivity contribution in [3.63, 3.8) is 0 Å². The van der Waals surface area contributed by atoms with Gasteiger partial charge in [-0.15, -0.1) is 0 Å². The van der Waals surface area contributed by atoms with Gasteiger partial charge in [0.15, 0.2) is 11.6 Å². The molecule has 1 atom stereocenters. The van der Waals surface area contributed by atoms with Crippen LogP contribution in [0.4, 0.5) is 19.4 Å². The smallest absolute Gasteiger partial charge is 0.325 e. The van der Waals surface area contributed by atoms with Crippen LogP contribution in [0.1, 0.15) is 13.8 Å². The summed E-state index contributed by atoms with van der Waals surface area (Å²) in [6.07, 6.45) is 1.31. The van der Waals surface area contributed by atoms with E-state index in [9.17, 15) is 18.4 Å². The van der Waals surface area contributed by atoms with Crippen LogP contribution in [0.3, 0.4) is 0 Å². The third-order valence-electron chi connectivity index (χ3n) is 4.64. The highest BCUT2D eigenvalue weighted by molar-refractivity contribution is 5.81. The molecule has 1 aliphatic heterocycles. The lowest BCUT2D eigenvalue weighted by Crippen LogP contribution is -2.57. The van der Waals surface area contributed by atoms with E-state index in [0.29, 0.717) is 25.5 Å². The molecule has 1 aliphatic rings. The Kier molecular flexibility index (Phi) is 7.16. The van der Waals surface area contributed by atoms with E-state index >= 15 is 0 Å². The number of urea groups is 1. The van der Waals surface area contributed by atoms with E-state index in [4.69, 9.17) is 9.47 Å². The first-order valence-corrected chi connectivity index (χ1v) is 9.77. The summed E-state index contributed by atoms with van der Waals surface area (Å²) in [6, 6.07) is 4.31. The minimum Gasteiger partial charge on any atom is -0.465 e. The predicted molar refractivity (Wildman–Crippen MR) is 107 cm³/mol. The molecule has 0 aliphatic carbocycles. The lowest BCUT2D eigenvalue weighted by Gasteiger charge is -2.40. The molecule has 11 heteroatoms. The molecular weight excluding hydrogens is 412 g/mol. The number of rotatable bonds is 6. The van der Waals surface area contributed by atoms with Gasteiger partial charge in [0.25, 0.3) is 0 Å². The van der Waals surface area contributed by atoms with Crippen LogP contribution >= 0.6 is 0 Å². The fraction of sp³-hybridized carbons (Fsp3) is 0.400. The molecule has 1 N–H and O–H groups in total. The fourth-order valence-corrected chi connectivity index (χ4v) is 3.15. The van der Waals surface area contributed by atoms with Gasteiger partial charge in [-0.1, -0.05) is 0 Å². The second-order valence-electron chi connectivity index (χ2n) is 6.84. The van der Waals surface area contributed by atoms with Gasteiger partial charge in [-0.2, -0.15) is 0 Å². The first-order chi connectivity index (χ1) is 14.9. The molecule has 0 saturated carbocycles. The maximum atomic E-state index is 13.4. The summed E-state index contributed by atoms with van der Waals surface area (Å²) < 4.78 is 36.8. The molecule has 0 unspecified atom stereocenters. The Morgan fingerprint density at radius 3 is 2.71 bits per heavy atom. The first-order valence-electron chi connectivity index (χ1n) is 9.77. The Bertz CT molecular complexity index is 946. The summed E-state index contributed by atoms with van der Waals surface area (Å²) in [5.74, 6) is -1.60. The van der Waals surface area contributed by atoms with Crippen molar-refractivity contribution < 1.29 is 27.8 Å². The zero-order valence-electron chi connectivity index (χ0n) is 17.2. The van der Waals surface area contributed by atoms with Crippen LogP contribution in [0.25, 0.3) is 0 Å². The second-order valence-corrected chi connectivity index (χ2v) is 6.84. The summed E-state index contributed by atoms with van der Waals surface area (Å²) in [4.78, 5) is 35.6. The number of piperazine rings is 1. The third-order valence-corrected chi connectivity index (χ3v) is 4.64. The van der Waals surface area contributed by atoms with Crippen molar-refractivity contribution in [1.82, 2.24) is 20.2 Å². The van der Waals surface area contributed by atoms with E-state index < -0.39 is 17.6 Å². The Morgan fingerprint density at radius 2 is 2.00 bits per heavy atom. The average molecular weight is 435 g/mol. The first kappa shape index (κ1) is 22.2. The zero-order valence-corrected chi connectivity index (χ0v) is 17.2. The molecule has 2 amide bonds. The molecule has 2 aromatic rings. The molecule has 0 spiro atoms. The maximum Gasteiger partial charge on any atom is 0.325 e. The number of carbonyl (C=O) groups is 2. The van der Waals surface area contributed by atoms with Gasteiger partial charge < -0.3 is 24.6 Å². The van der Waals surface area contributed by atoms with Crippen LogP contribution in [0.5, 0.6) is 11.6 Å². The molecule has 166 valence electrons. The van der Waals surface area contributed by atoms with Gasteiger partial charge in [0.1, 0.15) is 24.4 Å². The number of ether oxygens (including phenoxy) is 2. The van der Waals surface area contributed by atoms with E-state index in [1.807, 2.05) is 11.8 Å². The number of aromatic nitrogens is 2. The van der Waals surface area contributed by atoms with E-state index in [1.165, 1.54) is 12.4 Å². The number of esters is 1. The van der Waals surface area contributed by atoms with Crippen molar-refractivity contribution in [2.24, 2.45) is 0 Å². The highest BCUT2D eigenvalue weighted by Gasteiger charge is 2.28. The maximum absolute atomic E-state index is 13.4. The number of carbonyl (C=O) groups excluding carboxylic acids is 2. The molecule has 1 saturated heterocycles. The number of hydrogen-bond donors (Lipinski definition) is 1. The van der Waals surface area contributed by atoms with Gasteiger partial charge in [-0.3, -0.25) is 4.79 Å². The molecule has 1 aromatic heterocycles. The number of nitrogens with zero attached hydrogens (tertiary/aromatic N) is 4. The minimum absolute atomic E-state index is 0.111. The van der Waals surface area contributed by atoms with Gasteiger partial charge in [-0.25, -0.2) is 23.5 Å². The Labute approximate surface area is 178 Å². The average Bonchev–Trinajstić information content (AvgIpc) is 2.75. The third kappa shape index (κ3) is 5.77. The van der Waals surface area contributed by atoms with Gasteiger partial charge in [-0.05, 0) is 26.0 Å². The van der Waals surface area contributed by atoms with Crippen LogP contribution < -0.4 is 15.0 Å². The lowest BCUT2D eigenvalue weighted by molar-refractivity contribution is -0.141. The van der Waals surface area contributed by atoms with Crippen molar-refractivity contribution in [3.8, 4) is 11.6 Å². The zero-order chi connectivity index (χ0) is 22.4. The Morgan fingerprint density at radius 1 is 1.19 bits per heavy atom.